The summed E-state index contributed by atoms with van der Waals surface area (Å²) in [5.41, 5.74) is 7.50. The molecule has 84 valence electrons. The van der Waals surface area contributed by atoms with E-state index < -0.39 is 0 Å². The Labute approximate surface area is 99.2 Å². The van der Waals surface area contributed by atoms with Crippen LogP contribution in [0, 0.1) is 5.92 Å². The van der Waals surface area contributed by atoms with Crippen LogP contribution in [0.2, 0.25) is 0 Å². The lowest BCUT2D eigenvalue weighted by Crippen LogP contribution is -2.23. The molecule has 1 atom stereocenters. The Balaban J connectivity index is 2.22. The van der Waals surface area contributed by atoms with Crippen molar-refractivity contribution in [3.63, 3.8) is 0 Å². The van der Waals surface area contributed by atoms with Gasteiger partial charge in [0.2, 0.25) is 0 Å². The second kappa shape index (κ2) is 4.66. The third kappa shape index (κ3) is 2.11. The minimum Gasteiger partial charge on any atom is -0.322 e. The Hall–Kier alpha value is -0.350. The van der Waals surface area contributed by atoms with Crippen molar-refractivity contribution in [2.45, 2.75) is 45.2 Å². The van der Waals surface area contributed by atoms with Crippen molar-refractivity contribution in [1.29, 1.82) is 0 Å². The minimum atomic E-state index is 0.143. The largest absolute Gasteiger partial charge is 0.322 e. The van der Waals surface area contributed by atoms with Gasteiger partial charge in [0.1, 0.15) is 0 Å². The average molecular weight is 272 g/mol. The molecule has 2 rings (SSSR count). The van der Waals surface area contributed by atoms with Crippen LogP contribution in [0.5, 0.6) is 0 Å². The van der Waals surface area contributed by atoms with Crippen molar-refractivity contribution in [3.05, 3.63) is 16.4 Å². The van der Waals surface area contributed by atoms with Crippen molar-refractivity contribution in [2.75, 3.05) is 0 Å². The Morgan fingerprint density at radius 3 is 2.87 bits per heavy atom. The molecule has 0 saturated heterocycles. The molecule has 2 N–H and O–H groups in total. The van der Waals surface area contributed by atoms with Gasteiger partial charge >= 0.3 is 0 Å². The van der Waals surface area contributed by atoms with Crippen molar-refractivity contribution < 1.29 is 0 Å². The molecule has 15 heavy (non-hydrogen) atoms. The number of hydrogen-bond donors (Lipinski definition) is 1. The van der Waals surface area contributed by atoms with Crippen molar-refractivity contribution in [3.8, 4) is 0 Å². The lowest BCUT2D eigenvalue weighted by atomic mass is 9.96. The van der Waals surface area contributed by atoms with Crippen LogP contribution in [0.3, 0.4) is 0 Å². The molecule has 1 aliphatic rings. The topological polar surface area (TPSA) is 43.8 Å². The van der Waals surface area contributed by atoms with Crippen LogP contribution in [0.25, 0.3) is 0 Å². The van der Waals surface area contributed by atoms with Crippen LogP contribution in [0.15, 0.2) is 10.7 Å². The summed E-state index contributed by atoms with van der Waals surface area (Å²) >= 11 is 3.54. The fourth-order valence-electron chi connectivity index (χ4n) is 2.50. The number of nitrogens with zero attached hydrogens (tertiary/aromatic N) is 2. The summed E-state index contributed by atoms with van der Waals surface area (Å²) in [7, 11) is 0. The predicted octanol–water partition coefficient (Wildman–Crippen LogP) is 2.86. The first-order valence-corrected chi connectivity index (χ1v) is 6.50. The van der Waals surface area contributed by atoms with Crippen LogP contribution in [0.4, 0.5) is 0 Å². The SMILES string of the molecule is CCn1ncc(Br)c1C(N)C1CCCC1. The zero-order chi connectivity index (χ0) is 10.8. The standard InChI is InChI=1S/C11H18BrN3/c1-2-15-11(9(12)7-14-15)10(13)8-5-3-4-6-8/h7-8,10H,2-6,13H2,1H3. The molecule has 0 aliphatic heterocycles. The van der Waals surface area contributed by atoms with Gasteiger partial charge in [0.25, 0.3) is 0 Å². The lowest BCUT2D eigenvalue weighted by molar-refractivity contribution is 0.414. The molecule has 1 aromatic rings. The summed E-state index contributed by atoms with van der Waals surface area (Å²) in [6, 6.07) is 0.143. The number of rotatable bonds is 3. The smallest absolute Gasteiger partial charge is 0.0696 e. The van der Waals surface area contributed by atoms with Crippen LogP contribution < -0.4 is 5.73 Å². The molecule has 0 bridgehead atoms. The van der Waals surface area contributed by atoms with E-state index in [1.165, 1.54) is 31.4 Å². The fourth-order valence-corrected chi connectivity index (χ4v) is 3.06. The molecule has 0 radical (unpaired) electrons. The van der Waals surface area contributed by atoms with Crippen LogP contribution >= 0.6 is 15.9 Å². The maximum absolute atomic E-state index is 6.33. The molecular weight excluding hydrogens is 254 g/mol. The van der Waals surface area contributed by atoms with E-state index >= 15 is 0 Å². The first-order valence-electron chi connectivity index (χ1n) is 5.70. The quantitative estimate of drug-likeness (QED) is 0.919. The molecule has 0 spiro atoms. The van der Waals surface area contributed by atoms with Gasteiger partial charge < -0.3 is 5.73 Å². The van der Waals surface area contributed by atoms with Crippen LogP contribution in [0.1, 0.15) is 44.3 Å². The average Bonchev–Trinajstić information content (AvgIpc) is 2.85. The van der Waals surface area contributed by atoms with Crippen molar-refractivity contribution >= 4 is 15.9 Å². The highest BCUT2D eigenvalue weighted by Crippen LogP contribution is 2.36. The molecule has 1 fully saturated rings. The van der Waals surface area contributed by atoms with Gasteiger partial charge in [0.15, 0.2) is 0 Å². The minimum absolute atomic E-state index is 0.143. The van der Waals surface area contributed by atoms with Gasteiger partial charge in [-0.25, -0.2) is 0 Å². The second-order valence-electron chi connectivity index (χ2n) is 4.26. The summed E-state index contributed by atoms with van der Waals surface area (Å²) in [4.78, 5) is 0. The van der Waals surface area contributed by atoms with Gasteiger partial charge in [-0.05, 0) is 41.6 Å². The van der Waals surface area contributed by atoms with E-state index in [-0.39, 0.29) is 6.04 Å². The Morgan fingerprint density at radius 1 is 1.60 bits per heavy atom. The van der Waals surface area contributed by atoms with E-state index in [1.54, 1.807) is 0 Å². The van der Waals surface area contributed by atoms with Gasteiger partial charge in [-0.1, -0.05) is 12.8 Å². The number of hydrogen-bond acceptors (Lipinski definition) is 2. The monoisotopic (exact) mass is 271 g/mol. The molecule has 1 saturated carbocycles. The first kappa shape index (κ1) is 11.1. The summed E-state index contributed by atoms with van der Waals surface area (Å²) in [6.07, 6.45) is 7.05. The summed E-state index contributed by atoms with van der Waals surface area (Å²) in [6.45, 7) is 2.99. The van der Waals surface area contributed by atoms with E-state index in [0.717, 1.165) is 11.0 Å². The molecule has 1 heterocycles. The van der Waals surface area contributed by atoms with E-state index in [1.807, 2.05) is 10.9 Å². The lowest BCUT2D eigenvalue weighted by Gasteiger charge is -2.20. The highest BCUT2D eigenvalue weighted by Gasteiger charge is 2.27. The molecule has 1 unspecified atom stereocenters. The maximum atomic E-state index is 6.33. The highest BCUT2D eigenvalue weighted by molar-refractivity contribution is 9.10. The zero-order valence-electron chi connectivity index (χ0n) is 9.12. The van der Waals surface area contributed by atoms with Gasteiger partial charge in [-0.2, -0.15) is 5.10 Å². The summed E-state index contributed by atoms with van der Waals surface area (Å²) in [5.74, 6) is 0.642. The van der Waals surface area contributed by atoms with E-state index in [4.69, 9.17) is 5.73 Å². The third-order valence-corrected chi connectivity index (χ3v) is 3.97. The first-order chi connectivity index (χ1) is 7.24. The molecule has 3 nitrogen and oxygen atoms in total. The predicted molar refractivity (Wildman–Crippen MR) is 64.5 cm³/mol. The molecule has 4 heteroatoms. The van der Waals surface area contributed by atoms with Gasteiger partial charge in [-0.15, -0.1) is 0 Å². The molecule has 1 aromatic heterocycles. The van der Waals surface area contributed by atoms with Crippen molar-refractivity contribution in [2.24, 2.45) is 11.7 Å². The summed E-state index contributed by atoms with van der Waals surface area (Å²) < 4.78 is 3.07. The number of aryl methyl sites for hydroxylation is 1. The number of halogens is 1. The van der Waals surface area contributed by atoms with Crippen LogP contribution in [-0.4, -0.2) is 9.78 Å². The van der Waals surface area contributed by atoms with Crippen LogP contribution in [-0.2, 0) is 6.54 Å². The molecule has 0 amide bonds. The molecule has 1 aliphatic carbocycles. The molecular formula is C11H18BrN3. The Kier molecular flexibility index (Phi) is 3.46. The number of nitrogens with two attached hydrogens (primary N) is 1. The van der Waals surface area contributed by atoms with Crippen molar-refractivity contribution in [1.82, 2.24) is 9.78 Å². The maximum Gasteiger partial charge on any atom is 0.0696 e. The highest BCUT2D eigenvalue weighted by atomic mass is 79.9. The zero-order valence-corrected chi connectivity index (χ0v) is 10.7. The Bertz CT molecular complexity index is 329. The number of aromatic nitrogens is 2. The molecule has 0 aromatic carbocycles. The van der Waals surface area contributed by atoms with E-state index in [0.29, 0.717) is 5.92 Å². The van der Waals surface area contributed by atoms with Gasteiger partial charge in [0, 0.05) is 6.54 Å². The Morgan fingerprint density at radius 2 is 2.27 bits per heavy atom. The summed E-state index contributed by atoms with van der Waals surface area (Å²) in [5, 5.41) is 4.32. The van der Waals surface area contributed by atoms with E-state index in [2.05, 4.69) is 28.0 Å². The normalized spacial score (nSPS) is 19.7. The fraction of sp³-hybridized carbons (Fsp3) is 0.727. The van der Waals surface area contributed by atoms with E-state index in [9.17, 15) is 0 Å². The third-order valence-electron chi connectivity index (χ3n) is 3.36. The van der Waals surface area contributed by atoms with Gasteiger partial charge in [0.05, 0.1) is 22.4 Å². The second-order valence-corrected chi connectivity index (χ2v) is 5.12. The van der Waals surface area contributed by atoms with Gasteiger partial charge in [-0.3, -0.25) is 4.68 Å².